The van der Waals surface area contributed by atoms with Crippen LogP contribution in [0, 0.1) is 0 Å². The summed E-state index contributed by atoms with van der Waals surface area (Å²) in [6.07, 6.45) is 0.376. The van der Waals surface area contributed by atoms with Crippen LogP contribution in [0.1, 0.15) is 5.56 Å². The highest BCUT2D eigenvalue weighted by molar-refractivity contribution is 6.73. The van der Waals surface area contributed by atoms with Crippen LogP contribution >= 0.6 is 0 Å². The molecule has 0 bridgehead atoms. The zero-order valence-electron chi connectivity index (χ0n) is 17.6. The first-order chi connectivity index (χ1) is 11.6. The predicted molar refractivity (Wildman–Crippen MR) is 115 cm³/mol. The quantitative estimate of drug-likeness (QED) is 0.342. The number of benzene rings is 1. The van der Waals surface area contributed by atoms with Crippen molar-refractivity contribution in [2.45, 2.75) is 65.3 Å². The van der Waals surface area contributed by atoms with E-state index < -0.39 is 25.0 Å². The standard InChI is InChI=1S/C18H33NO4Si3/c1-24(2,3)21-16-12-10-15(11-13-16)14-17(19-23-26(7,8)9)18(20)22-25(4,5)6/h10-13H,14H2,1-9H3/b19-17-. The fourth-order valence-corrected chi connectivity index (χ4v) is 3.79. The van der Waals surface area contributed by atoms with Crippen molar-refractivity contribution >= 4 is 36.6 Å². The lowest BCUT2D eigenvalue weighted by molar-refractivity contribution is -0.127. The van der Waals surface area contributed by atoms with Gasteiger partial charge in [-0.1, -0.05) is 17.3 Å². The van der Waals surface area contributed by atoms with Crippen LogP contribution in [-0.4, -0.2) is 36.6 Å². The van der Waals surface area contributed by atoms with Gasteiger partial charge in [0.15, 0.2) is 5.71 Å². The summed E-state index contributed by atoms with van der Waals surface area (Å²) in [7, 11) is -5.51. The Morgan fingerprint density at radius 3 is 1.81 bits per heavy atom. The number of carbonyl (C=O) groups excluding carboxylic acids is 1. The van der Waals surface area contributed by atoms with Gasteiger partial charge in [0.2, 0.25) is 16.6 Å². The minimum absolute atomic E-state index is 0.314. The van der Waals surface area contributed by atoms with Gasteiger partial charge in [-0.2, -0.15) is 0 Å². The summed E-state index contributed by atoms with van der Waals surface area (Å²) in [4.78, 5) is 12.5. The molecule has 5 nitrogen and oxygen atoms in total. The molecule has 0 aliphatic rings. The molecule has 8 heteroatoms. The van der Waals surface area contributed by atoms with E-state index in [1.807, 2.05) is 63.5 Å². The van der Waals surface area contributed by atoms with E-state index in [0.29, 0.717) is 12.1 Å². The molecule has 0 atom stereocenters. The second-order valence-corrected chi connectivity index (χ2v) is 22.5. The molecule has 0 unspecified atom stereocenters. The van der Waals surface area contributed by atoms with E-state index in [-0.39, 0.29) is 5.97 Å². The monoisotopic (exact) mass is 411 g/mol. The topological polar surface area (TPSA) is 57.1 Å². The van der Waals surface area contributed by atoms with Crippen molar-refractivity contribution in [1.82, 2.24) is 0 Å². The van der Waals surface area contributed by atoms with Crippen LogP contribution in [0.2, 0.25) is 58.9 Å². The third kappa shape index (κ3) is 9.93. The summed E-state index contributed by atoms with van der Waals surface area (Å²) in [6.45, 7) is 18.4. The Labute approximate surface area is 161 Å². The van der Waals surface area contributed by atoms with Crippen LogP contribution in [0.15, 0.2) is 29.4 Å². The Balaban J connectivity index is 2.96. The molecule has 0 aliphatic heterocycles. The number of hydrogen-bond acceptors (Lipinski definition) is 5. The molecule has 0 N–H and O–H groups in total. The summed E-state index contributed by atoms with van der Waals surface area (Å²) < 4.78 is 17.2. The van der Waals surface area contributed by atoms with Crippen LogP contribution in [0.3, 0.4) is 0 Å². The van der Waals surface area contributed by atoms with Crippen molar-refractivity contribution in [1.29, 1.82) is 0 Å². The van der Waals surface area contributed by atoms with Gasteiger partial charge in [0.05, 0.1) is 0 Å². The minimum Gasteiger partial charge on any atom is -0.544 e. The Morgan fingerprint density at radius 1 is 0.846 bits per heavy atom. The number of oxime groups is 1. The molecule has 0 amide bonds. The Bertz CT molecular complexity index is 638. The molecule has 0 radical (unpaired) electrons. The smallest absolute Gasteiger partial charge is 0.343 e. The molecule has 0 heterocycles. The molecule has 1 aromatic carbocycles. The highest BCUT2D eigenvalue weighted by atomic mass is 28.4. The van der Waals surface area contributed by atoms with Gasteiger partial charge in [-0.05, 0) is 76.6 Å². The van der Waals surface area contributed by atoms with Crippen LogP contribution < -0.4 is 4.43 Å². The number of rotatable bonds is 8. The summed E-state index contributed by atoms with van der Waals surface area (Å²) in [6, 6.07) is 7.80. The molecule has 0 saturated heterocycles. The van der Waals surface area contributed by atoms with Crippen LogP contribution in [0.5, 0.6) is 5.75 Å². The largest absolute Gasteiger partial charge is 0.544 e. The Hall–Kier alpha value is -1.39. The highest BCUT2D eigenvalue weighted by Crippen LogP contribution is 2.18. The van der Waals surface area contributed by atoms with Crippen molar-refractivity contribution in [3.05, 3.63) is 29.8 Å². The van der Waals surface area contributed by atoms with Crippen LogP contribution in [0.25, 0.3) is 0 Å². The predicted octanol–water partition coefficient (Wildman–Crippen LogP) is 5.03. The fourth-order valence-electron chi connectivity index (χ4n) is 1.89. The van der Waals surface area contributed by atoms with Gasteiger partial charge in [0.25, 0.3) is 8.32 Å². The zero-order chi connectivity index (χ0) is 20.2. The van der Waals surface area contributed by atoms with E-state index >= 15 is 0 Å². The molecule has 0 saturated carbocycles. The molecule has 0 fully saturated rings. The van der Waals surface area contributed by atoms with Crippen molar-refractivity contribution in [3.63, 3.8) is 0 Å². The van der Waals surface area contributed by atoms with Crippen molar-refractivity contribution in [2.75, 3.05) is 0 Å². The van der Waals surface area contributed by atoms with E-state index in [2.05, 4.69) is 24.8 Å². The number of hydrogen-bond donors (Lipinski definition) is 0. The van der Waals surface area contributed by atoms with Gasteiger partial charge in [0, 0.05) is 6.42 Å². The summed E-state index contributed by atoms with van der Waals surface area (Å²) in [5.41, 5.74) is 1.28. The van der Waals surface area contributed by atoms with Crippen LogP contribution in [-0.2, 0) is 20.2 Å². The van der Waals surface area contributed by atoms with E-state index in [1.165, 1.54) is 0 Å². The van der Waals surface area contributed by atoms with Crippen molar-refractivity contribution < 1.29 is 18.2 Å². The summed E-state index contributed by atoms with van der Waals surface area (Å²) >= 11 is 0. The van der Waals surface area contributed by atoms with Crippen molar-refractivity contribution in [3.8, 4) is 5.75 Å². The van der Waals surface area contributed by atoms with E-state index in [1.54, 1.807) is 0 Å². The van der Waals surface area contributed by atoms with Crippen LogP contribution in [0.4, 0.5) is 0 Å². The van der Waals surface area contributed by atoms with E-state index in [4.69, 9.17) is 13.4 Å². The third-order valence-electron chi connectivity index (χ3n) is 2.78. The molecule has 0 aromatic heterocycles. The fraction of sp³-hybridized carbons (Fsp3) is 0.556. The molecule has 26 heavy (non-hydrogen) atoms. The van der Waals surface area contributed by atoms with Gasteiger partial charge in [0.1, 0.15) is 5.75 Å². The number of nitrogens with zero attached hydrogens (tertiary/aromatic N) is 1. The molecule has 0 aliphatic carbocycles. The lowest BCUT2D eigenvalue weighted by atomic mass is 10.1. The molecule has 0 spiro atoms. The maximum absolute atomic E-state index is 12.5. The van der Waals surface area contributed by atoms with Gasteiger partial charge in [-0.25, -0.2) is 4.79 Å². The minimum atomic E-state index is -2.00. The third-order valence-corrected chi connectivity index (χ3v) is 5.07. The van der Waals surface area contributed by atoms with Gasteiger partial charge in [-0.3, -0.25) is 0 Å². The Kier molecular flexibility index (Phi) is 7.43. The summed E-state index contributed by atoms with van der Waals surface area (Å²) in [5, 5.41) is 4.16. The van der Waals surface area contributed by atoms with Gasteiger partial charge >= 0.3 is 5.97 Å². The lowest BCUT2D eigenvalue weighted by Crippen LogP contribution is -2.34. The first-order valence-corrected chi connectivity index (χ1v) is 19.1. The van der Waals surface area contributed by atoms with Crippen molar-refractivity contribution in [2.24, 2.45) is 5.16 Å². The maximum Gasteiger partial charge on any atom is 0.343 e. The molecule has 146 valence electrons. The maximum atomic E-state index is 12.5. The lowest BCUT2D eigenvalue weighted by Gasteiger charge is -2.20. The van der Waals surface area contributed by atoms with E-state index in [0.717, 1.165) is 11.3 Å². The molecule has 1 aromatic rings. The highest BCUT2D eigenvalue weighted by Gasteiger charge is 2.25. The van der Waals surface area contributed by atoms with Gasteiger partial charge in [-0.15, -0.1) is 0 Å². The molecular formula is C18H33NO4Si3. The zero-order valence-corrected chi connectivity index (χ0v) is 20.6. The molecular weight excluding hydrogens is 378 g/mol. The normalized spacial score (nSPS) is 13.3. The first kappa shape index (κ1) is 22.7. The van der Waals surface area contributed by atoms with Gasteiger partial charge < -0.3 is 13.4 Å². The number of carbonyl (C=O) groups is 1. The summed E-state index contributed by atoms with van der Waals surface area (Å²) in [5.74, 6) is 0.472. The Morgan fingerprint density at radius 2 is 1.38 bits per heavy atom. The SMILES string of the molecule is C[Si](C)(C)O/N=C(/Cc1ccc(O[Si](C)(C)C)cc1)C(=O)O[Si](C)(C)C. The second kappa shape index (κ2) is 8.53. The van der Waals surface area contributed by atoms with E-state index in [9.17, 15) is 4.79 Å². The average Bonchev–Trinajstić information content (AvgIpc) is 2.40. The first-order valence-electron chi connectivity index (χ1n) is 8.91. The second-order valence-electron chi connectivity index (χ2n) is 9.28. The average molecular weight is 412 g/mol. The molecule has 1 rings (SSSR count).